The van der Waals surface area contributed by atoms with Crippen LogP contribution in [0.5, 0.6) is 0 Å². The lowest BCUT2D eigenvalue weighted by Crippen LogP contribution is -2.10. The van der Waals surface area contributed by atoms with Gasteiger partial charge in [0.2, 0.25) is 0 Å². The van der Waals surface area contributed by atoms with E-state index in [0.29, 0.717) is 6.04 Å². The average Bonchev–Trinajstić information content (AvgIpc) is 2.38. The zero-order chi connectivity index (χ0) is 13.8. The fourth-order valence-electron chi connectivity index (χ4n) is 2.12. The molecule has 0 aliphatic heterocycles. The molecule has 100 valence electrons. The second-order valence-electron chi connectivity index (χ2n) is 4.62. The quantitative estimate of drug-likeness (QED) is 0.723. The number of halogens is 2. The van der Waals surface area contributed by atoms with Crippen molar-refractivity contribution in [3.63, 3.8) is 0 Å². The molecule has 0 aliphatic carbocycles. The summed E-state index contributed by atoms with van der Waals surface area (Å²) in [4.78, 5) is 0. The van der Waals surface area contributed by atoms with Gasteiger partial charge in [-0.3, -0.25) is 0 Å². The van der Waals surface area contributed by atoms with Gasteiger partial charge in [-0.1, -0.05) is 46.6 Å². The van der Waals surface area contributed by atoms with Gasteiger partial charge in [0.15, 0.2) is 0 Å². The Hall–Kier alpha value is -0.990. The van der Waals surface area contributed by atoms with Gasteiger partial charge in [-0.2, -0.15) is 0 Å². The van der Waals surface area contributed by atoms with E-state index in [1.165, 1.54) is 11.1 Å². The summed E-state index contributed by atoms with van der Waals surface area (Å²) < 4.78 is 1.11. The Labute approximate surface area is 128 Å². The predicted molar refractivity (Wildman–Crippen MR) is 87.0 cm³/mol. The fraction of sp³-hybridized carbons (Fsp3) is 0.250. The molecule has 1 nitrogen and oxygen atoms in total. The minimum absolute atomic E-state index is 0.303. The van der Waals surface area contributed by atoms with Crippen molar-refractivity contribution in [1.82, 2.24) is 0 Å². The maximum atomic E-state index is 5.99. The van der Waals surface area contributed by atoms with Gasteiger partial charge in [0.1, 0.15) is 0 Å². The Bertz CT molecular complexity index is 568. The number of benzene rings is 2. The zero-order valence-corrected chi connectivity index (χ0v) is 13.4. The maximum Gasteiger partial charge on any atom is 0.0511 e. The first-order valence-electron chi connectivity index (χ1n) is 6.38. The summed E-state index contributed by atoms with van der Waals surface area (Å²) in [5.74, 6) is 0. The second-order valence-corrected chi connectivity index (χ2v) is 5.97. The standard InChI is InChI=1S/C16H17BrClN/c1-3-15(12-5-4-6-13(17)10-12)19-16-8-7-14(18)9-11(16)2/h4-10,15,19H,3H2,1-2H3. The van der Waals surface area contributed by atoms with Crippen LogP contribution in [0.25, 0.3) is 0 Å². The predicted octanol–water partition coefficient (Wildman–Crippen LogP) is 5.97. The largest absolute Gasteiger partial charge is 0.378 e. The van der Waals surface area contributed by atoms with E-state index in [1.807, 2.05) is 24.3 Å². The molecule has 0 fully saturated rings. The summed E-state index contributed by atoms with van der Waals surface area (Å²) in [7, 11) is 0. The molecule has 0 amide bonds. The van der Waals surface area contributed by atoms with Gasteiger partial charge in [0, 0.05) is 15.2 Å². The van der Waals surface area contributed by atoms with Crippen molar-refractivity contribution in [3.05, 3.63) is 63.1 Å². The van der Waals surface area contributed by atoms with Crippen LogP contribution in [0.2, 0.25) is 5.02 Å². The van der Waals surface area contributed by atoms with Crippen molar-refractivity contribution < 1.29 is 0 Å². The molecule has 0 aromatic heterocycles. The number of aryl methyl sites for hydroxylation is 1. The summed E-state index contributed by atoms with van der Waals surface area (Å²) in [6.45, 7) is 4.26. The third kappa shape index (κ3) is 3.74. The Morgan fingerprint density at radius 3 is 2.63 bits per heavy atom. The molecule has 0 radical (unpaired) electrons. The van der Waals surface area contributed by atoms with Crippen molar-refractivity contribution in [3.8, 4) is 0 Å². The van der Waals surface area contributed by atoms with Crippen molar-refractivity contribution in [2.45, 2.75) is 26.3 Å². The van der Waals surface area contributed by atoms with E-state index in [9.17, 15) is 0 Å². The molecule has 2 rings (SSSR count). The molecule has 0 spiro atoms. The van der Waals surface area contributed by atoms with Crippen LogP contribution in [0.4, 0.5) is 5.69 Å². The first kappa shape index (κ1) is 14.4. The molecule has 0 saturated heterocycles. The summed E-state index contributed by atoms with van der Waals surface area (Å²) in [6.07, 6.45) is 1.03. The second kappa shape index (κ2) is 6.44. The molecular formula is C16H17BrClN. The molecule has 19 heavy (non-hydrogen) atoms. The van der Waals surface area contributed by atoms with E-state index in [1.54, 1.807) is 0 Å². The van der Waals surface area contributed by atoms with E-state index >= 15 is 0 Å². The van der Waals surface area contributed by atoms with Crippen LogP contribution in [0.1, 0.15) is 30.5 Å². The molecule has 2 aromatic carbocycles. The van der Waals surface area contributed by atoms with Gasteiger partial charge in [0.25, 0.3) is 0 Å². The number of anilines is 1. The van der Waals surface area contributed by atoms with Crippen molar-refractivity contribution in [1.29, 1.82) is 0 Å². The maximum absolute atomic E-state index is 5.99. The summed E-state index contributed by atoms with van der Waals surface area (Å²) in [6, 6.07) is 14.7. The molecule has 1 unspecified atom stereocenters. The number of hydrogen-bond donors (Lipinski definition) is 1. The summed E-state index contributed by atoms with van der Waals surface area (Å²) >= 11 is 9.52. The van der Waals surface area contributed by atoms with E-state index < -0.39 is 0 Å². The molecule has 1 atom stereocenters. The topological polar surface area (TPSA) is 12.0 Å². The van der Waals surface area contributed by atoms with Crippen LogP contribution in [0.15, 0.2) is 46.9 Å². The molecule has 0 heterocycles. The molecule has 0 bridgehead atoms. The Kier molecular flexibility index (Phi) is 4.89. The Balaban J connectivity index is 2.24. The van der Waals surface area contributed by atoms with Gasteiger partial charge in [-0.25, -0.2) is 0 Å². The van der Waals surface area contributed by atoms with E-state index in [0.717, 1.165) is 21.6 Å². The SMILES string of the molecule is CCC(Nc1ccc(Cl)cc1C)c1cccc(Br)c1. The van der Waals surface area contributed by atoms with Gasteiger partial charge < -0.3 is 5.32 Å². The van der Waals surface area contributed by atoms with Crippen molar-refractivity contribution in [2.24, 2.45) is 0 Å². The first-order valence-corrected chi connectivity index (χ1v) is 7.55. The highest BCUT2D eigenvalue weighted by molar-refractivity contribution is 9.10. The van der Waals surface area contributed by atoms with Gasteiger partial charge >= 0.3 is 0 Å². The number of rotatable bonds is 4. The number of nitrogens with one attached hydrogen (secondary N) is 1. The Morgan fingerprint density at radius 1 is 1.21 bits per heavy atom. The van der Waals surface area contributed by atoms with Crippen LogP contribution in [0, 0.1) is 6.92 Å². The van der Waals surface area contributed by atoms with E-state index in [2.05, 4.69) is 53.3 Å². The van der Waals surface area contributed by atoms with E-state index in [-0.39, 0.29) is 0 Å². The fourth-order valence-corrected chi connectivity index (χ4v) is 2.76. The van der Waals surface area contributed by atoms with Crippen molar-refractivity contribution in [2.75, 3.05) is 5.32 Å². The van der Waals surface area contributed by atoms with Crippen LogP contribution in [-0.2, 0) is 0 Å². The van der Waals surface area contributed by atoms with Crippen molar-refractivity contribution >= 4 is 33.2 Å². The monoisotopic (exact) mass is 337 g/mol. The highest BCUT2D eigenvalue weighted by atomic mass is 79.9. The summed E-state index contributed by atoms with van der Waals surface area (Å²) in [5, 5.41) is 4.36. The van der Waals surface area contributed by atoms with Crippen LogP contribution in [0.3, 0.4) is 0 Å². The molecule has 0 saturated carbocycles. The lowest BCUT2D eigenvalue weighted by molar-refractivity contribution is 0.748. The van der Waals surface area contributed by atoms with Gasteiger partial charge in [-0.05, 0) is 54.8 Å². The molecule has 3 heteroatoms. The lowest BCUT2D eigenvalue weighted by atomic mass is 10.0. The minimum atomic E-state index is 0.303. The third-order valence-electron chi connectivity index (χ3n) is 3.18. The average molecular weight is 339 g/mol. The number of hydrogen-bond acceptors (Lipinski definition) is 1. The van der Waals surface area contributed by atoms with Crippen LogP contribution >= 0.6 is 27.5 Å². The van der Waals surface area contributed by atoms with Gasteiger partial charge in [-0.15, -0.1) is 0 Å². The van der Waals surface area contributed by atoms with E-state index in [4.69, 9.17) is 11.6 Å². The highest BCUT2D eigenvalue weighted by Gasteiger charge is 2.10. The van der Waals surface area contributed by atoms with Crippen LogP contribution < -0.4 is 5.32 Å². The molecule has 1 N–H and O–H groups in total. The molecule has 2 aromatic rings. The molecular weight excluding hydrogens is 322 g/mol. The molecule has 0 aliphatic rings. The normalized spacial score (nSPS) is 12.2. The van der Waals surface area contributed by atoms with Crippen LogP contribution in [-0.4, -0.2) is 0 Å². The third-order valence-corrected chi connectivity index (χ3v) is 3.91. The smallest absolute Gasteiger partial charge is 0.0511 e. The highest BCUT2D eigenvalue weighted by Crippen LogP contribution is 2.27. The first-order chi connectivity index (χ1) is 9.10. The lowest BCUT2D eigenvalue weighted by Gasteiger charge is -2.20. The minimum Gasteiger partial charge on any atom is -0.378 e. The summed E-state index contributed by atoms with van der Waals surface area (Å²) in [5.41, 5.74) is 3.59. The van der Waals surface area contributed by atoms with Gasteiger partial charge in [0.05, 0.1) is 6.04 Å². The zero-order valence-electron chi connectivity index (χ0n) is 11.1. The Morgan fingerprint density at radius 2 is 2.00 bits per heavy atom.